The second-order valence-corrected chi connectivity index (χ2v) is 10.6. The van der Waals surface area contributed by atoms with Gasteiger partial charge in [0.1, 0.15) is 4.88 Å². The molecule has 2 unspecified atom stereocenters. The number of benzene rings is 1. The normalized spacial score (nSPS) is 13.9. The lowest BCUT2D eigenvalue weighted by atomic mass is 9.85. The number of methoxy groups -OCH3 is 1. The first-order valence-electron chi connectivity index (χ1n) is 11.0. The van der Waals surface area contributed by atoms with Crippen LogP contribution < -0.4 is 0 Å². The quantitative estimate of drug-likeness (QED) is 0.455. The minimum absolute atomic E-state index is 0.0725. The lowest BCUT2D eigenvalue weighted by Gasteiger charge is -2.26. The molecule has 0 saturated carbocycles. The van der Waals surface area contributed by atoms with Crippen molar-refractivity contribution < 1.29 is 14.6 Å². The zero-order chi connectivity index (χ0) is 22.5. The number of aryl methyl sites for hydroxylation is 4. The molecule has 0 aliphatic carbocycles. The van der Waals surface area contributed by atoms with Crippen molar-refractivity contribution in [1.82, 2.24) is 0 Å². The molecule has 0 amide bonds. The van der Waals surface area contributed by atoms with E-state index in [-0.39, 0.29) is 17.5 Å². The summed E-state index contributed by atoms with van der Waals surface area (Å²) in [5.41, 5.74) is 4.93. The van der Waals surface area contributed by atoms with E-state index in [9.17, 15) is 9.90 Å². The second-order valence-electron chi connectivity index (χ2n) is 9.48. The summed E-state index contributed by atoms with van der Waals surface area (Å²) in [5.74, 6) is 0.218. The first-order chi connectivity index (χ1) is 14.1. The summed E-state index contributed by atoms with van der Waals surface area (Å²) >= 11 is 1.58. The molecular formula is C26H38O3S. The van der Waals surface area contributed by atoms with Crippen LogP contribution in [0.2, 0.25) is 0 Å². The summed E-state index contributed by atoms with van der Waals surface area (Å²) in [4.78, 5) is 13.9. The number of aliphatic hydroxyl groups is 1. The van der Waals surface area contributed by atoms with Crippen molar-refractivity contribution >= 4 is 17.3 Å². The fraction of sp³-hybridized carbons (Fsp3) is 0.577. The summed E-state index contributed by atoms with van der Waals surface area (Å²) in [6, 6.07) is 8.91. The van der Waals surface area contributed by atoms with Gasteiger partial charge in [0.15, 0.2) is 0 Å². The molecule has 30 heavy (non-hydrogen) atoms. The molecule has 1 heterocycles. The number of esters is 1. The standard InChI is InChI=1S/C26H38O3S/c1-8-20(22-16-18(3)24(30-22)25(28)29-7)11-9-19-10-12-21(17(2)15-19)13-14-23(27)26(4,5)6/h10,12,15-16,20,23,27H,8-9,11,13-14H2,1-7H3. The van der Waals surface area contributed by atoms with Crippen LogP contribution in [-0.4, -0.2) is 24.3 Å². The molecule has 0 spiro atoms. The maximum absolute atomic E-state index is 11.9. The Kier molecular flexibility index (Phi) is 8.69. The van der Waals surface area contributed by atoms with Crippen LogP contribution in [0.25, 0.3) is 0 Å². The van der Waals surface area contributed by atoms with Gasteiger partial charge in [0.05, 0.1) is 13.2 Å². The van der Waals surface area contributed by atoms with E-state index in [0.29, 0.717) is 5.92 Å². The maximum atomic E-state index is 11.9. The minimum atomic E-state index is -0.286. The zero-order valence-electron chi connectivity index (χ0n) is 19.7. The van der Waals surface area contributed by atoms with Crippen LogP contribution in [0.1, 0.15) is 89.7 Å². The third-order valence-electron chi connectivity index (χ3n) is 6.08. The van der Waals surface area contributed by atoms with Crippen LogP contribution in [0.4, 0.5) is 0 Å². The van der Waals surface area contributed by atoms with Crippen LogP contribution in [0.3, 0.4) is 0 Å². The van der Waals surface area contributed by atoms with Crippen LogP contribution >= 0.6 is 11.3 Å². The van der Waals surface area contributed by atoms with Crippen molar-refractivity contribution in [2.75, 3.05) is 7.11 Å². The first-order valence-corrected chi connectivity index (χ1v) is 11.8. The number of aliphatic hydroxyl groups excluding tert-OH is 1. The predicted molar refractivity (Wildman–Crippen MR) is 127 cm³/mol. The molecule has 3 nitrogen and oxygen atoms in total. The molecule has 1 aromatic heterocycles. The van der Waals surface area contributed by atoms with Gasteiger partial charge in [0, 0.05) is 4.88 Å². The molecule has 0 aliphatic heterocycles. The van der Waals surface area contributed by atoms with Gasteiger partial charge in [-0.25, -0.2) is 4.79 Å². The van der Waals surface area contributed by atoms with E-state index in [2.05, 4.69) is 58.9 Å². The van der Waals surface area contributed by atoms with Gasteiger partial charge < -0.3 is 9.84 Å². The molecule has 2 rings (SSSR count). The highest BCUT2D eigenvalue weighted by molar-refractivity contribution is 7.14. The zero-order valence-corrected chi connectivity index (χ0v) is 20.5. The highest BCUT2D eigenvalue weighted by Gasteiger charge is 2.22. The van der Waals surface area contributed by atoms with Gasteiger partial charge in [0.2, 0.25) is 0 Å². The third-order valence-corrected chi connectivity index (χ3v) is 7.46. The molecule has 1 aromatic carbocycles. The van der Waals surface area contributed by atoms with Crippen molar-refractivity contribution in [2.24, 2.45) is 5.41 Å². The van der Waals surface area contributed by atoms with Crippen molar-refractivity contribution in [3.63, 3.8) is 0 Å². The molecule has 0 radical (unpaired) electrons. The molecule has 0 aliphatic rings. The Morgan fingerprint density at radius 1 is 1.10 bits per heavy atom. The van der Waals surface area contributed by atoms with Crippen molar-refractivity contribution in [1.29, 1.82) is 0 Å². The monoisotopic (exact) mass is 430 g/mol. The van der Waals surface area contributed by atoms with Gasteiger partial charge in [-0.1, -0.05) is 45.9 Å². The van der Waals surface area contributed by atoms with Crippen molar-refractivity contribution in [2.45, 2.75) is 85.7 Å². The Bertz CT molecular complexity index is 844. The van der Waals surface area contributed by atoms with Gasteiger partial charge in [-0.3, -0.25) is 0 Å². The lowest BCUT2D eigenvalue weighted by molar-refractivity contribution is 0.0559. The van der Waals surface area contributed by atoms with Crippen molar-refractivity contribution in [3.05, 3.63) is 56.3 Å². The fourth-order valence-corrected chi connectivity index (χ4v) is 5.12. The molecule has 166 valence electrons. The molecule has 1 N–H and O–H groups in total. The molecule has 4 heteroatoms. The average molecular weight is 431 g/mol. The molecule has 0 bridgehead atoms. The summed E-state index contributed by atoms with van der Waals surface area (Å²) in [6.45, 7) is 12.6. The first kappa shape index (κ1) is 24.6. The van der Waals surface area contributed by atoms with E-state index < -0.39 is 0 Å². The Labute approximate surface area is 186 Å². The van der Waals surface area contributed by atoms with Crippen LogP contribution in [-0.2, 0) is 17.6 Å². The summed E-state index contributed by atoms with van der Waals surface area (Å²) < 4.78 is 4.91. The lowest BCUT2D eigenvalue weighted by Crippen LogP contribution is -2.26. The summed E-state index contributed by atoms with van der Waals surface area (Å²) in [5, 5.41) is 10.3. The van der Waals surface area contributed by atoms with E-state index >= 15 is 0 Å². The maximum Gasteiger partial charge on any atom is 0.348 e. The van der Waals surface area contributed by atoms with E-state index in [4.69, 9.17) is 4.74 Å². The highest BCUT2D eigenvalue weighted by atomic mass is 32.1. The van der Waals surface area contributed by atoms with E-state index in [1.54, 1.807) is 11.3 Å². The second kappa shape index (κ2) is 10.6. The summed E-state index contributed by atoms with van der Waals surface area (Å²) in [7, 11) is 1.44. The Hall–Kier alpha value is -1.65. The molecule has 2 aromatic rings. The van der Waals surface area contributed by atoms with Gasteiger partial charge in [-0.2, -0.15) is 0 Å². The average Bonchev–Trinajstić information content (AvgIpc) is 3.07. The SMILES string of the molecule is CCC(CCc1ccc(CCC(O)C(C)(C)C)c(C)c1)c1cc(C)c(C(=O)OC)s1. The fourth-order valence-electron chi connectivity index (χ4n) is 3.81. The van der Waals surface area contributed by atoms with Crippen LogP contribution in [0.15, 0.2) is 24.3 Å². The minimum Gasteiger partial charge on any atom is -0.465 e. The highest BCUT2D eigenvalue weighted by Crippen LogP contribution is 2.34. The topological polar surface area (TPSA) is 46.5 Å². The largest absolute Gasteiger partial charge is 0.465 e. The Balaban J connectivity index is 2.01. The number of carbonyl (C=O) groups is 1. The predicted octanol–water partition coefficient (Wildman–Crippen LogP) is 6.62. The molecular weight excluding hydrogens is 392 g/mol. The molecule has 0 fully saturated rings. The van der Waals surface area contributed by atoms with Gasteiger partial charge in [-0.05, 0) is 85.6 Å². The van der Waals surface area contributed by atoms with Crippen molar-refractivity contribution in [3.8, 4) is 0 Å². The van der Waals surface area contributed by atoms with E-state index in [0.717, 1.165) is 42.5 Å². The number of rotatable bonds is 9. The number of ether oxygens (including phenoxy) is 1. The Morgan fingerprint density at radius 3 is 2.37 bits per heavy atom. The number of hydrogen-bond acceptors (Lipinski definition) is 4. The smallest absolute Gasteiger partial charge is 0.348 e. The molecule has 0 saturated heterocycles. The number of hydrogen-bond donors (Lipinski definition) is 1. The Morgan fingerprint density at radius 2 is 1.80 bits per heavy atom. The van der Waals surface area contributed by atoms with E-state index in [1.165, 1.54) is 28.7 Å². The van der Waals surface area contributed by atoms with Crippen LogP contribution in [0, 0.1) is 19.3 Å². The van der Waals surface area contributed by atoms with E-state index in [1.807, 2.05) is 6.92 Å². The van der Waals surface area contributed by atoms with Gasteiger partial charge in [0.25, 0.3) is 0 Å². The van der Waals surface area contributed by atoms with Gasteiger partial charge >= 0.3 is 5.97 Å². The van der Waals surface area contributed by atoms with Gasteiger partial charge in [-0.15, -0.1) is 11.3 Å². The third kappa shape index (κ3) is 6.42. The molecule has 2 atom stereocenters. The number of carbonyl (C=O) groups excluding carboxylic acids is 1. The summed E-state index contributed by atoms with van der Waals surface area (Å²) in [6.07, 6.45) is 4.57. The number of thiophene rings is 1. The van der Waals surface area contributed by atoms with Crippen LogP contribution in [0.5, 0.6) is 0 Å².